The fourth-order valence-corrected chi connectivity index (χ4v) is 2.50. The molecule has 1 heterocycles. The number of benzene rings is 1. The highest BCUT2D eigenvalue weighted by Crippen LogP contribution is 2.35. The maximum absolute atomic E-state index is 13.0. The number of nitriles is 1. The van der Waals surface area contributed by atoms with Gasteiger partial charge in [0.1, 0.15) is 0 Å². The van der Waals surface area contributed by atoms with Gasteiger partial charge in [0.25, 0.3) is 0 Å². The lowest BCUT2D eigenvalue weighted by atomic mass is 9.81. The first-order chi connectivity index (χ1) is 11.0. The van der Waals surface area contributed by atoms with Crippen molar-refractivity contribution in [3.05, 3.63) is 64.7 Å². The molecule has 0 fully saturated rings. The molecule has 0 spiro atoms. The van der Waals surface area contributed by atoms with Gasteiger partial charge in [-0.3, -0.25) is 4.79 Å². The Morgan fingerprint density at radius 3 is 2.48 bits per heavy atom. The molecule has 1 aromatic carbocycles. The molecular formula is C17H14ClFN2O2. The van der Waals surface area contributed by atoms with Gasteiger partial charge >= 0.3 is 5.97 Å². The summed E-state index contributed by atoms with van der Waals surface area (Å²) in [5.41, 5.74) is 1.31. The van der Waals surface area contributed by atoms with Crippen molar-refractivity contribution < 1.29 is 13.9 Å². The summed E-state index contributed by atoms with van der Waals surface area (Å²) < 4.78 is 17.7. The van der Waals surface area contributed by atoms with Crippen LogP contribution < -0.4 is 0 Å². The van der Waals surface area contributed by atoms with E-state index in [2.05, 4.69) is 11.1 Å². The van der Waals surface area contributed by atoms with E-state index in [4.69, 9.17) is 16.3 Å². The Bertz CT molecular complexity index is 711. The third-order valence-electron chi connectivity index (χ3n) is 3.56. The normalized spacial score (nSPS) is 13.0. The van der Waals surface area contributed by atoms with Crippen LogP contribution in [0.5, 0.6) is 0 Å². The second-order valence-electron chi connectivity index (χ2n) is 4.96. The van der Waals surface area contributed by atoms with Crippen molar-refractivity contribution in [2.45, 2.75) is 18.3 Å². The summed E-state index contributed by atoms with van der Waals surface area (Å²) >= 11 is 5.89. The van der Waals surface area contributed by atoms with Crippen molar-refractivity contribution in [2.75, 3.05) is 7.11 Å². The van der Waals surface area contributed by atoms with Gasteiger partial charge in [-0.2, -0.15) is 9.65 Å². The monoisotopic (exact) mass is 332 g/mol. The highest BCUT2D eigenvalue weighted by Gasteiger charge is 2.28. The summed E-state index contributed by atoms with van der Waals surface area (Å²) in [6.07, 6.45) is 1.33. The Hall–Kier alpha value is -2.45. The zero-order valence-corrected chi connectivity index (χ0v) is 13.1. The van der Waals surface area contributed by atoms with Crippen molar-refractivity contribution in [1.82, 2.24) is 4.98 Å². The Morgan fingerprint density at radius 2 is 1.96 bits per heavy atom. The van der Waals surface area contributed by atoms with Gasteiger partial charge in [-0.1, -0.05) is 29.8 Å². The average Bonchev–Trinajstić information content (AvgIpc) is 2.57. The van der Waals surface area contributed by atoms with Crippen molar-refractivity contribution >= 4 is 17.6 Å². The molecule has 23 heavy (non-hydrogen) atoms. The molecule has 0 bridgehead atoms. The zero-order valence-electron chi connectivity index (χ0n) is 12.4. The quantitative estimate of drug-likeness (QED) is 0.616. The minimum absolute atomic E-state index is 0.0216. The van der Waals surface area contributed by atoms with Crippen LogP contribution in [0.3, 0.4) is 0 Å². The molecule has 0 saturated carbocycles. The van der Waals surface area contributed by atoms with Gasteiger partial charge in [0.2, 0.25) is 5.95 Å². The number of methoxy groups -OCH3 is 1. The van der Waals surface area contributed by atoms with Gasteiger partial charge in [-0.05, 0) is 29.3 Å². The molecule has 0 aliphatic carbocycles. The summed E-state index contributed by atoms with van der Waals surface area (Å²) in [5, 5.41) is 10.1. The largest absolute Gasteiger partial charge is 0.469 e. The van der Waals surface area contributed by atoms with Crippen molar-refractivity contribution in [3.63, 3.8) is 0 Å². The lowest BCUT2D eigenvalue weighted by Crippen LogP contribution is -2.16. The molecule has 0 N–H and O–H groups in total. The van der Waals surface area contributed by atoms with Crippen LogP contribution in [-0.4, -0.2) is 18.1 Å². The molecule has 2 rings (SSSR count). The number of rotatable bonds is 5. The van der Waals surface area contributed by atoms with E-state index in [0.717, 1.165) is 5.56 Å². The van der Waals surface area contributed by atoms with Crippen LogP contribution in [0.2, 0.25) is 5.02 Å². The first kappa shape index (κ1) is 16.9. The second kappa shape index (κ2) is 7.70. The SMILES string of the molecule is COC(=O)CC(c1ccc(Cl)cc1)C(C#N)c1ccc(F)nc1. The Kier molecular flexibility index (Phi) is 5.67. The van der Waals surface area contributed by atoms with Crippen LogP contribution in [0.25, 0.3) is 0 Å². The molecule has 0 aliphatic rings. The van der Waals surface area contributed by atoms with E-state index >= 15 is 0 Å². The van der Waals surface area contributed by atoms with Gasteiger partial charge in [0, 0.05) is 17.1 Å². The molecule has 6 heteroatoms. The van der Waals surface area contributed by atoms with Gasteiger partial charge in [-0.25, -0.2) is 4.98 Å². The van der Waals surface area contributed by atoms with E-state index < -0.39 is 23.8 Å². The fraction of sp³-hybridized carbons (Fsp3) is 0.235. The van der Waals surface area contributed by atoms with Crippen molar-refractivity contribution in [3.8, 4) is 6.07 Å². The lowest BCUT2D eigenvalue weighted by molar-refractivity contribution is -0.141. The minimum atomic E-state index is -0.664. The average molecular weight is 333 g/mol. The maximum Gasteiger partial charge on any atom is 0.306 e. The Labute approximate surface area is 138 Å². The summed E-state index contributed by atoms with van der Waals surface area (Å²) in [7, 11) is 1.29. The molecule has 2 unspecified atom stereocenters. The van der Waals surface area contributed by atoms with E-state index in [1.54, 1.807) is 24.3 Å². The van der Waals surface area contributed by atoms with E-state index in [1.807, 2.05) is 0 Å². The number of pyridine rings is 1. The first-order valence-electron chi connectivity index (χ1n) is 6.88. The van der Waals surface area contributed by atoms with Crippen LogP contribution in [-0.2, 0) is 9.53 Å². The smallest absolute Gasteiger partial charge is 0.306 e. The first-order valence-corrected chi connectivity index (χ1v) is 7.26. The second-order valence-corrected chi connectivity index (χ2v) is 5.40. The maximum atomic E-state index is 13.0. The highest BCUT2D eigenvalue weighted by molar-refractivity contribution is 6.30. The van der Waals surface area contributed by atoms with Crippen LogP contribution in [0, 0.1) is 17.3 Å². The zero-order chi connectivity index (χ0) is 16.8. The van der Waals surface area contributed by atoms with E-state index in [9.17, 15) is 14.4 Å². The predicted molar refractivity (Wildman–Crippen MR) is 83.4 cm³/mol. The third-order valence-corrected chi connectivity index (χ3v) is 3.82. The van der Waals surface area contributed by atoms with Gasteiger partial charge in [0.05, 0.1) is 25.5 Å². The fourth-order valence-electron chi connectivity index (χ4n) is 2.37. The molecule has 1 aromatic heterocycles. The lowest BCUT2D eigenvalue weighted by Gasteiger charge is -2.21. The number of nitrogens with zero attached hydrogens (tertiary/aromatic N) is 2. The summed E-state index contributed by atoms with van der Waals surface area (Å²) in [6, 6.07) is 11.8. The number of esters is 1. The third kappa shape index (κ3) is 4.27. The van der Waals surface area contributed by atoms with Crippen LogP contribution in [0.4, 0.5) is 4.39 Å². The molecule has 0 saturated heterocycles. The number of ether oxygens (including phenoxy) is 1. The van der Waals surface area contributed by atoms with Gasteiger partial charge in [0.15, 0.2) is 0 Å². The van der Waals surface area contributed by atoms with Crippen LogP contribution in [0.1, 0.15) is 29.4 Å². The van der Waals surface area contributed by atoms with E-state index in [1.165, 1.54) is 25.4 Å². The number of carbonyl (C=O) groups is 1. The molecule has 0 aliphatic heterocycles. The molecule has 2 atom stereocenters. The molecule has 2 aromatic rings. The summed E-state index contributed by atoms with van der Waals surface area (Å²) in [5.74, 6) is -2.16. The number of hydrogen-bond donors (Lipinski definition) is 0. The molecular weight excluding hydrogens is 319 g/mol. The van der Waals surface area contributed by atoms with E-state index in [0.29, 0.717) is 10.6 Å². The summed E-state index contributed by atoms with van der Waals surface area (Å²) in [6.45, 7) is 0. The van der Waals surface area contributed by atoms with Crippen molar-refractivity contribution in [1.29, 1.82) is 5.26 Å². The predicted octanol–water partition coefficient (Wildman–Crippen LogP) is 3.83. The number of halogens is 2. The number of carbonyl (C=O) groups excluding carboxylic acids is 1. The Morgan fingerprint density at radius 1 is 1.30 bits per heavy atom. The molecule has 4 nitrogen and oxygen atoms in total. The molecule has 118 valence electrons. The van der Waals surface area contributed by atoms with Crippen LogP contribution >= 0.6 is 11.6 Å². The Balaban J connectivity index is 2.41. The standard InChI is InChI=1S/C17H14ClFN2O2/c1-23-17(22)8-14(11-2-5-13(18)6-3-11)15(9-20)12-4-7-16(19)21-10-12/h2-7,10,14-15H,8H2,1H3. The van der Waals surface area contributed by atoms with Crippen molar-refractivity contribution in [2.24, 2.45) is 0 Å². The van der Waals surface area contributed by atoms with Gasteiger partial charge < -0.3 is 4.74 Å². The minimum Gasteiger partial charge on any atom is -0.469 e. The molecule has 0 radical (unpaired) electrons. The van der Waals surface area contributed by atoms with Crippen LogP contribution in [0.15, 0.2) is 42.6 Å². The summed E-state index contributed by atoms with van der Waals surface area (Å²) in [4.78, 5) is 15.3. The van der Waals surface area contributed by atoms with E-state index in [-0.39, 0.29) is 6.42 Å². The molecule has 0 amide bonds. The number of aromatic nitrogens is 1. The highest BCUT2D eigenvalue weighted by atomic mass is 35.5. The topological polar surface area (TPSA) is 63.0 Å². The number of hydrogen-bond acceptors (Lipinski definition) is 4. The van der Waals surface area contributed by atoms with Gasteiger partial charge in [-0.15, -0.1) is 0 Å².